The Balaban J connectivity index is 2.71. The van der Waals surface area contributed by atoms with Gasteiger partial charge < -0.3 is 14.9 Å². The van der Waals surface area contributed by atoms with Gasteiger partial charge in [0, 0.05) is 0 Å². The van der Waals surface area contributed by atoms with Gasteiger partial charge in [0.1, 0.15) is 11.7 Å². The zero-order chi connectivity index (χ0) is 11.3. The van der Waals surface area contributed by atoms with Crippen LogP contribution >= 0.6 is 0 Å². The van der Waals surface area contributed by atoms with Crippen LogP contribution in [0.5, 0.6) is 0 Å². The van der Waals surface area contributed by atoms with Gasteiger partial charge >= 0.3 is 5.97 Å². The average Bonchev–Trinajstić information content (AvgIpc) is 2.20. The summed E-state index contributed by atoms with van der Waals surface area (Å²) in [6, 6.07) is 0. The fourth-order valence-corrected chi connectivity index (χ4v) is 1.76. The number of methoxy groups -OCH3 is 1. The first-order valence-electron chi connectivity index (χ1n) is 5.22. The number of allylic oxidation sites excluding steroid dienone is 1. The Morgan fingerprint density at radius 3 is 3.00 bits per heavy atom. The summed E-state index contributed by atoms with van der Waals surface area (Å²) in [6.07, 6.45) is 5.35. The van der Waals surface area contributed by atoms with Gasteiger partial charge in [0.15, 0.2) is 0 Å². The molecule has 0 heterocycles. The molecule has 0 aliphatic heterocycles. The van der Waals surface area contributed by atoms with Crippen LogP contribution in [0.15, 0.2) is 12.2 Å². The molecule has 0 bridgehead atoms. The molecule has 0 fully saturated rings. The van der Waals surface area contributed by atoms with Crippen LogP contribution in [0.3, 0.4) is 0 Å². The van der Waals surface area contributed by atoms with E-state index in [2.05, 4.69) is 4.74 Å². The Bertz CT molecular complexity index is 249. The Morgan fingerprint density at radius 2 is 2.33 bits per heavy atom. The lowest BCUT2D eigenvalue weighted by Gasteiger charge is -2.31. The van der Waals surface area contributed by atoms with Crippen LogP contribution in [0.25, 0.3) is 0 Å². The van der Waals surface area contributed by atoms with Crippen molar-refractivity contribution in [2.24, 2.45) is 0 Å². The fraction of sp³-hybridized carbons (Fsp3) is 0.727. The fourth-order valence-electron chi connectivity index (χ4n) is 1.76. The summed E-state index contributed by atoms with van der Waals surface area (Å²) in [4.78, 5) is 11.1. The van der Waals surface area contributed by atoms with E-state index in [1.165, 1.54) is 7.11 Å². The molecule has 1 rings (SSSR count). The van der Waals surface area contributed by atoms with Gasteiger partial charge in [0.05, 0.1) is 13.5 Å². The van der Waals surface area contributed by atoms with Gasteiger partial charge in [-0.05, 0) is 19.3 Å². The minimum Gasteiger partial charge on any atom is -0.469 e. The Labute approximate surface area is 89.6 Å². The Kier molecular flexibility index (Phi) is 4.29. The van der Waals surface area contributed by atoms with Crippen LogP contribution in [-0.2, 0) is 9.53 Å². The van der Waals surface area contributed by atoms with Gasteiger partial charge in [-0.3, -0.25) is 4.79 Å². The molecule has 1 unspecified atom stereocenters. The van der Waals surface area contributed by atoms with E-state index in [-0.39, 0.29) is 6.42 Å². The van der Waals surface area contributed by atoms with Crippen molar-refractivity contribution in [3.8, 4) is 0 Å². The van der Waals surface area contributed by atoms with E-state index in [9.17, 15) is 15.0 Å². The van der Waals surface area contributed by atoms with Gasteiger partial charge in [0.2, 0.25) is 0 Å². The lowest BCUT2D eigenvalue weighted by molar-refractivity contribution is -0.151. The average molecular weight is 214 g/mol. The van der Waals surface area contributed by atoms with Crippen molar-refractivity contribution in [3.05, 3.63) is 12.2 Å². The summed E-state index contributed by atoms with van der Waals surface area (Å²) in [5, 5.41) is 19.9. The number of carbonyl (C=O) groups is 1. The molecular weight excluding hydrogens is 196 g/mol. The summed E-state index contributed by atoms with van der Waals surface area (Å²) in [5.41, 5.74) is -1.37. The Morgan fingerprint density at radius 1 is 1.60 bits per heavy atom. The number of esters is 1. The number of carbonyl (C=O) groups excluding carboxylic acids is 1. The molecule has 1 aliphatic carbocycles. The molecule has 0 aromatic heterocycles. The van der Waals surface area contributed by atoms with E-state index in [0.717, 1.165) is 19.3 Å². The Hall–Kier alpha value is -0.870. The highest BCUT2D eigenvalue weighted by Crippen LogP contribution is 2.26. The molecule has 1 aliphatic rings. The number of rotatable bonds is 2. The first kappa shape index (κ1) is 12.2. The zero-order valence-electron chi connectivity index (χ0n) is 8.98. The zero-order valence-corrected chi connectivity index (χ0v) is 8.98. The highest BCUT2D eigenvalue weighted by atomic mass is 16.5. The molecular formula is C11H18O4. The van der Waals surface area contributed by atoms with Crippen molar-refractivity contribution < 1.29 is 19.7 Å². The van der Waals surface area contributed by atoms with Crippen molar-refractivity contribution in [3.63, 3.8) is 0 Å². The number of hydrogen-bond donors (Lipinski definition) is 2. The molecule has 0 radical (unpaired) electrons. The third-order valence-corrected chi connectivity index (χ3v) is 2.78. The lowest BCUT2D eigenvalue weighted by atomic mass is 9.85. The van der Waals surface area contributed by atoms with Crippen LogP contribution in [-0.4, -0.2) is 35.0 Å². The second kappa shape index (κ2) is 5.28. The molecule has 4 nitrogen and oxygen atoms in total. The van der Waals surface area contributed by atoms with Gasteiger partial charge in [-0.2, -0.15) is 0 Å². The van der Waals surface area contributed by atoms with E-state index in [4.69, 9.17) is 0 Å². The number of hydrogen-bond acceptors (Lipinski definition) is 4. The molecule has 2 atom stereocenters. The van der Waals surface area contributed by atoms with Crippen molar-refractivity contribution in [1.82, 2.24) is 0 Å². The number of ether oxygens (including phenoxy) is 1. The molecule has 4 heteroatoms. The first-order chi connectivity index (χ1) is 7.08. The first-order valence-corrected chi connectivity index (χ1v) is 5.22. The SMILES string of the molecule is COC(=O)C[C@@]1(O)CCCC/C=C\C1O. The molecule has 0 saturated carbocycles. The highest BCUT2D eigenvalue weighted by Gasteiger charge is 2.36. The second-order valence-corrected chi connectivity index (χ2v) is 3.98. The minimum atomic E-state index is -1.37. The molecule has 86 valence electrons. The van der Waals surface area contributed by atoms with Crippen LogP contribution in [0.4, 0.5) is 0 Å². The van der Waals surface area contributed by atoms with E-state index in [1.54, 1.807) is 6.08 Å². The summed E-state index contributed by atoms with van der Waals surface area (Å²) in [6.45, 7) is 0. The smallest absolute Gasteiger partial charge is 0.308 e. The van der Waals surface area contributed by atoms with Crippen molar-refractivity contribution >= 4 is 5.97 Å². The predicted molar refractivity (Wildman–Crippen MR) is 55.2 cm³/mol. The van der Waals surface area contributed by atoms with Gasteiger partial charge in [-0.25, -0.2) is 0 Å². The summed E-state index contributed by atoms with van der Waals surface area (Å²) in [7, 11) is 1.27. The highest BCUT2D eigenvalue weighted by molar-refractivity contribution is 5.70. The van der Waals surface area contributed by atoms with E-state index >= 15 is 0 Å². The quantitative estimate of drug-likeness (QED) is 0.526. The third-order valence-electron chi connectivity index (χ3n) is 2.78. The minimum absolute atomic E-state index is 0.158. The van der Waals surface area contributed by atoms with Gasteiger partial charge in [-0.1, -0.05) is 18.6 Å². The number of aliphatic hydroxyl groups excluding tert-OH is 1. The van der Waals surface area contributed by atoms with Crippen molar-refractivity contribution in [1.29, 1.82) is 0 Å². The molecule has 0 amide bonds. The predicted octanol–water partition coefficient (Wildman–Crippen LogP) is 0.772. The van der Waals surface area contributed by atoms with Crippen LogP contribution in [0.2, 0.25) is 0 Å². The second-order valence-electron chi connectivity index (χ2n) is 3.98. The molecule has 0 saturated heterocycles. The van der Waals surface area contributed by atoms with Gasteiger partial charge in [-0.15, -0.1) is 0 Å². The molecule has 0 spiro atoms. The van der Waals surface area contributed by atoms with Crippen molar-refractivity contribution in [2.75, 3.05) is 7.11 Å². The molecule has 0 aromatic rings. The topological polar surface area (TPSA) is 66.8 Å². The van der Waals surface area contributed by atoms with Crippen LogP contribution in [0.1, 0.15) is 32.1 Å². The monoisotopic (exact) mass is 214 g/mol. The van der Waals surface area contributed by atoms with Crippen LogP contribution in [0, 0.1) is 0 Å². The lowest BCUT2D eigenvalue weighted by Crippen LogP contribution is -2.43. The van der Waals surface area contributed by atoms with E-state index < -0.39 is 17.7 Å². The maximum atomic E-state index is 11.1. The summed E-state index contributed by atoms with van der Waals surface area (Å²) in [5.74, 6) is -0.495. The summed E-state index contributed by atoms with van der Waals surface area (Å²) >= 11 is 0. The van der Waals surface area contributed by atoms with Crippen molar-refractivity contribution in [2.45, 2.75) is 43.8 Å². The van der Waals surface area contributed by atoms with Crippen LogP contribution < -0.4 is 0 Å². The maximum Gasteiger partial charge on any atom is 0.308 e. The normalized spacial score (nSPS) is 33.9. The van der Waals surface area contributed by atoms with Gasteiger partial charge in [0.25, 0.3) is 0 Å². The molecule has 0 aromatic carbocycles. The van der Waals surface area contributed by atoms with E-state index in [0.29, 0.717) is 6.42 Å². The summed E-state index contributed by atoms with van der Waals surface area (Å²) < 4.78 is 4.50. The third kappa shape index (κ3) is 3.32. The largest absolute Gasteiger partial charge is 0.469 e. The number of aliphatic hydroxyl groups is 2. The molecule has 2 N–H and O–H groups in total. The van der Waals surface area contributed by atoms with E-state index in [1.807, 2.05) is 6.08 Å². The standard InChI is InChI=1S/C11H18O4/c1-15-10(13)8-11(14)7-5-3-2-4-6-9(11)12/h4,6,9,12,14H,2-3,5,7-8H2,1H3/b6-4-/t9?,11-/m0/s1. The molecule has 15 heavy (non-hydrogen) atoms. The maximum absolute atomic E-state index is 11.1.